The highest BCUT2D eigenvalue weighted by atomic mass is 14.9. The second-order valence-corrected chi connectivity index (χ2v) is 4.50. The number of aliphatic imine (C=N–C) groups is 1. The summed E-state index contributed by atoms with van der Waals surface area (Å²) in [5.74, 6) is 0. The fourth-order valence-corrected chi connectivity index (χ4v) is 2.36. The SMILES string of the molecule is CC1=N[C@H](C)[C@](C)(c2ccccc2)C1. The fourth-order valence-electron chi connectivity index (χ4n) is 2.36. The number of nitrogens with zero attached hydrogens (tertiary/aromatic N) is 1. The largest absolute Gasteiger partial charge is 0.290 e. The maximum absolute atomic E-state index is 4.64. The molecule has 0 aliphatic carbocycles. The topological polar surface area (TPSA) is 12.4 Å². The Morgan fingerprint density at radius 1 is 1.29 bits per heavy atom. The van der Waals surface area contributed by atoms with E-state index in [1.807, 2.05) is 0 Å². The van der Waals surface area contributed by atoms with Crippen LogP contribution in [0.3, 0.4) is 0 Å². The molecule has 0 saturated carbocycles. The van der Waals surface area contributed by atoms with E-state index in [1.165, 1.54) is 11.3 Å². The summed E-state index contributed by atoms with van der Waals surface area (Å²) in [4.78, 5) is 4.64. The fraction of sp³-hybridized carbons (Fsp3) is 0.462. The van der Waals surface area contributed by atoms with Crippen molar-refractivity contribution in [2.24, 2.45) is 4.99 Å². The van der Waals surface area contributed by atoms with Crippen LogP contribution in [0.4, 0.5) is 0 Å². The van der Waals surface area contributed by atoms with Crippen LogP contribution in [-0.2, 0) is 5.41 Å². The van der Waals surface area contributed by atoms with Crippen molar-refractivity contribution in [3.05, 3.63) is 35.9 Å². The third-order valence-corrected chi connectivity index (χ3v) is 3.39. The molecule has 1 nitrogen and oxygen atoms in total. The lowest BCUT2D eigenvalue weighted by Crippen LogP contribution is -2.29. The van der Waals surface area contributed by atoms with Gasteiger partial charge in [-0.25, -0.2) is 0 Å². The maximum atomic E-state index is 4.64. The van der Waals surface area contributed by atoms with E-state index in [4.69, 9.17) is 0 Å². The van der Waals surface area contributed by atoms with Crippen LogP contribution in [0.2, 0.25) is 0 Å². The van der Waals surface area contributed by atoms with E-state index in [0.717, 1.165) is 6.42 Å². The van der Waals surface area contributed by atoms with Crippen molar-refractivity contribution in [3.8, 4) is 0 Å². The van der Waals surface area contributed by atoms with Gasteiger partial charge in [0.2, 0.25) is 0 Å². The van der Waals surface area contributed by atoms with E-state index in [9.17, 15) is 0 Å². The van der Waals surface area contributed by atoms with Gasteiger partial charge >= 0.3 is 0 Å². The molecule has 1 aliphatic heterocycles. The molecule has 0 unspecified atom stereocenters. The summed E-state index contributed by atoms with van der Waals surface area (Å²) in [5, 5.41) is 0. The van der Waals surface area contributed by atoms with E-state index < -0.39 is 0 Å². The summed E-state index contributed by atoms with van der Waals surface area (Å²) in [6.45, 7) is 6.65. The maximum Gasteiger partial charge on any atom is 0.0568 e. The van der Waals surface area contributed by atoms with Gasteiger partial charge in [0, 0.05) is 11.1 Å². The Bertz CT molecular complexity index is 353. The molecule has 2 rings (SSSR count). The molecule has 74 valence electrons. The van der Waals surface area contributed by atoms with Crippen molar-refractivity contribution >= 4 is 5.71 Å². The molecular formula is C13H17N. The summed E-state index contributed by atoms with van der Waals surface area (Å²) < 4.78 is 0. The van der Waals surface area contributed by atoms with Gasteiger partial charge in [0.15, 0.2) is 0 Å². The van der Waals surface area contributed by atoms with Gasteiger partial charge < -0.3 is 0 Å². The predicted molar refractivity (Wildman–Crippen MR) is 61.0 cm³/mol. The molecule has 1 aliphatic rings. The summed E-state index contributed by atoms with van der Waals surface area (Å²) in [6, 6.07) is 11.1. The minimum Gasteiger partial charge on any atom is -0.290 e. The Kier molecular flexibility index (Phi) is 2.18. The second kappa shape index (κ2) is 3.23. The normalized spacial score (nSPS) is 31.6. The minimum absolute atomic E-state index is 0.214. The molecule has 0 bridgehead atoms. The highest BCUT2D eigenvalue weighted by molar-refractivity contribution is 5.85. The molecule has 2 atom stereocenters. The first-order valence-corrected chi connectivity index (χ1v) is 5.22. The molecule has 1 heterocycles. The van der Waals surface area contributed by atoms with Gasteiger partial charge in [-0.2, -0.15) is 0 Å². The van der Waals surface area contributed by atoms with Gasteiger partial charge in [-0.15, -0.1) is 0 Å². The average Bonchev–Trinajstić information content (AvgIpc) is 2.43. The van der Waals surface area contributed by atoms with Crippen molar-refractivity contribution in [2.75, 3.05) is 0 Å². The van der Waals surface area contributed by atoms with Crippen LogP contribution in [0.1, 0.15) is 32.8 Å². The molecule has 1 aromatic rings. The first kappa shape index (κ1) is 9.45. The van der Waals surface area contributed by atoms with E-state index in [2.05, 4.69) is 56.1 Å². The second-order valence-electron chi connectivity index (χ2n) is 4.50. The van der Waals surface area contributed by atoms with Crippen LogP contribution in [0, 0.1) is 0 Å². The summed E-state index contributed by atoms with van der Waals surface area (Å²) in [6.07, 6.45) is 1.10. The molecule has 0 fully saturated rings. The zero-order valence-corrected chi connectivity index (χ0v) is 9.12. The monoisotopic (exact) mass is 187 g/mol. The molecule has 1 aromatic carbocycles. The standard InChI is InChI=1S/C13H17N/c1-10-9-13(3,11(2)14-10)12-7-5-4-6-8-12/h4-8,11H,9H2,1-3H3/t11-,13-/m1/s1. The highest BCUT2D eigenvalue weighted by Gasteiger charge is 2.37. The van der Waals surface area contributed by atoms with Crippen LogP contribution >= 0.6 is 0 Å². The van der Waals surface area contributed by atoms with Crippen molar-refractivity contribution in [1.82, 2.24) is 0 Å². The molecule has 0 N–H and O–H groups in total. The smallest absolute Gasteiger partial charge is 0.0568 e. The Balaban J connectivity index is 2.36. The molecule has 0 aromatic heterocycles. The van der Waals surface area contributed by atoms with Gasteiger partial charge in [0.25, 0.3) is 0 Å². The van der Waals surface area contributed by atoms with E-state index in [-0.39, 0.29) is 5.41 Å². The van der Waals surface area contributed by atoms with E-state index in [0.29, 0.717) is 6.04 Å². The lowest BCUT2D eigenvalue weighted by molar-refractivity contribution is 0.439. The predicted octanol–water partition coefficient (Wildman–Crippen LogP) is 3.20. The average molecular weight is 187 g/mol. The number of hydrogen-bond donors (Lipinski definition) is 0. The number of hydrogen-bond acceptors (Lipinski definition) is 1. The molecule has 0 saturated heterocycles. The van der Waals surface area contributed by atoms with E-state index in [1.54, 1.807) is 0 Å². The van der Waals surface area contributed by atoms with Crippen molar-refractivity contribution in [2.45, 2.75) is 38.6 Å². The van der Waals surface area contributed by atoms with Gasteiger partial charge in [-0.1, -0.05) is 37.3 Å². The molecule has 0 amide bonds. The number of benzene rings is 1. The van der Waals surface area contributed by atoms with Gasteiger partial charge in [-0.05, 0) is 25.8 Å². The molecule has 1 heteroatoms. The van der Waals surface area contributed by atoms with Crippen LogP contribution < -0.4 is 0 Å². The Labute approximate surface area is 85.9 Å². The zero-order valence-electron chi connectivity index (χ0n) is 9.12. The Hall–Kier alpha value is -1.11. The molecular weight excluding hydrogens is 170 g/mol. The van der Waals surface area contributed by atoms with Crippen molar-refractivity contribution in [1.29, 1.82) is 0 Å². The van der Waals surface area contributed by atoms with Crippen LogP contribution in [0.5, 0.6) is 0 Å². The minimum atomic E-state index is 0.214. The Morgan fingerprint density at radius 3 is 2.43 bits per heavy atom. The first-order valence-electron chi connectivity index (χ1n) is 5.22. The summed E-state index contributed by atoms with van der Waals surface area (Å²) in [7, 11) is 0. The molecule has 14 heavy (non-hydrogen) atoms. The van der Waals surface area contributed by atoms with Crippen LogP contribution in [0.25, 0.3) is 0 Å². The lowest BCUT2D eigenvalue weighted by Gasteiger charge is -2.28. The Morgan fingerprint density at radius 2 is 1.93 bits per heavy atom. The van der Waals surface area contributed by atoms with Gasteiger partial charge in [-0.3, -0.25) is 4.99 Å². The third kappa shape index (κ3) is 1.37. The highest BCUT2D eigenvalue weighted by Crippen LogP contribution is 2.37. The third-order valence-electron chi connectivity index (χ3n) is 3.39. The zero-order chi connectivity index (χ0) is 10.2. The van der Waals surface area contributed by atoms with Crippen molar-refractivity contribution < 1.29 is 0 Å². The van der Waals surface area contributed by atoms with Crippen LogP contribution in [-0.4, -0.2) is 11.8 Å². The summed E-state index contributed by atoms with van der Waals surface area (Å²) >= 11 is 0. The lowest BCUT2D eigenvalue weighted by atomic mass is 9.75. The quantitative estimate of drug-likeness (QED) is 0.640. The summed E-state index contributed by atoms with van der Waals surface area (Å²) in [5.41, 5.74) is 2.91. The van der Waals surface area contributed by atoms with Crippen LogP contribution in [0.15, 0.2) is 35.3 Å². The molecule has 0 spiro atoms. The van der Waals surface area contributed by atoms with Gasteiger partial charge in [0.05, 0.1) is 6.04 Å². The number of rotatable bonds is 1. The molecule has 0 radical (unpaired) electrons. The van der Waals surface area contributed by atoms with Gasteiger partial charge in [0.1, 0.15) is 0 Å². The van der Waals surface area contributed by atoms with E-state index >= 15 is 0 Å². The van der Waals surface area contributed by atoms with Crippen molar-refractivity contribution in [3.63, 3.8) is 0 Å². The first-order chi connectivity index (χ1) is 6.63.